The van der Waals surface area contributed by atoms with Crippen LogP contribution in [0.5, 0.6) is 0 Å². The van der Waals surface area contributed by atoms with Gasteiger partial charge in [0.1, 0.15) is 0 Å². The van der Waals surface area contributed by atoms with Gasteiger partial charge in [-0.25, -0.2) is 9.97 Å². The Morgan fingerprint density at radius 1 is 1.12 bits per heavy atom. The molecule has 0 saturated carbocycles. The van der Waals surface area contributed by atoms with E-state index in [0.29, 0.717) is 5.78 Å². The Balaban J connectivity index is 1.47. The molecular weight excluding hydrogens is 404 g/mol. The molecule has 9 nitrogen and oxygen atoms in total. The molecule has 0 radical (unpaired) electrons. The monoisotopic (exact) mass is 426 g/mol. The summed E-state index contributed by atoms with van der Waals surface area (Å²) in [4.78, 5) is 29.2. The maximum atomic E-state index is 13.2. The summed E-state index contributed by atoms with van der Waals surface area (Å²) in [7, 11) is 0. The number of nitrogens with zero attached hydrogens (tertiary/aromatic N) is 5. The van der Waals surface area contributed by atoms with Gasteiger partial charge < -0.3 is 16.0 Å². The quantitative estimate of drug-likeness (QED) is 0.396. The van der Waals surface area contributed by atoms with Crippen LogP contribution < -0.4 is 11.1 Å². The molecule has 3 heterocycles. The number of amides is 1. The van der Waals surface area contributed by atoms with Gasteiger partial charge in [0.2, 0.25) is 11.9 Å². The highest BCUT2D eigenvalue weighted by atomic mass is 16.1. The van der Waals surface area contributed by atoms with E-state index in [4.69, 9.17) is 5.73 Å². The second kappa shape index (κ2) is 7.77. The first-order chi connectivity index (χ1) is 15.5. The third-order valence-electron chi connectivity index (χ3n) is 5.62. The van der Waals surface area contributed by atoms with Crippen LogP contribution in [-0.2, 0) is 11.2 Å². The van der Waals surface area contributed by atoms with E-state index in [2.05, 4.69) is 30.4 Å². The lowest BCUT2D eigenvalue weighted by Crippen LogP contribution is -2.31. The van der Waals surface area contributed by atoms with E-state index in [0.717, 1.165) is 39.1 Å². The molecule has 0 aliphatic heterocycles. The van der Waals surface area contributed by atoms with Gasteiger partial charge in [-0.15, -0.1) is 5.10 Å². The lowest BCUT2D eigenvalue weighted by molar-refractivity contribution is -0.121. The predicted octanol–water partition coefficient (Wildman–Crippen LogP) is 2.65. The zero-order chi connectivity index (χ0) is 22.2. The number of benzene rings is 2. The van der Waals surface area contributed by atoms with Crippen molar-refractivity contribution in [3.63, 3.8) is 0 Å². The van der Waals surface area contributed by atoms with Crippen molar-refractivity contribution in [3.05, 3.63) is 82.9 Å². The number of H-pyrrole nitrogens is 1. The van der Waals surface area contributed by atoms with E-state index in [1.54, 1.807) is 10.8 Å². The topological polar surface area (TPSA) is 127 Å². The molecule has 5 aromatic rings. The first kappa shape index (κ1) is 19.7. The minimum absolute atomic E-state index is 0.121. The highest BCUT2D eigenvalue weighted by molar-refractivity contribution is 5.81. The molecule has 2 aromatic carbocycles. The fraction of sp³-hybridized carbons (Fsp3) is 0.174. The molecule has 0 saturated heterocycles. The molecule has 1 unspecified atom stereocenters. The number of carbonyl (C=O) groups excluding carboxylic acids is 1. The van der Waals surface area contributed by atoms with E-state index in [9.17, 15) is 4.79 Å². The summed E-state index contributed by atoms with van der Waals surface area (Å²) in [5, 5.41) is 7.37. The second-order valence-corrected chi connectivity index (χ2v) is 7.71. The summed E-state index contributed by atoms with van der Waals surface area (Å²) in [5.41, 5.74) is 11.8. The van der Waals surface area contributed by atoms with E-state index in [-0.39, 0.29) is 24.3 Å². The average molecular weight is 426 g/mol. The molecule has 0 fully saturated rings. The van der Waals surface area contributed by atoms with Gasteiger partial charge in [-0.2, -0.15) is 9.50 Å². The smallest absolute Gasteiger partial charge is 0.254 e. The molecule has 1 atom stereocenters. The summed E-state index contributed by atoms with van der Waals surface area (Å²) in [5.74, 6) is 0.459. The molecule has 0 spiro atoms. The number of aromatic amines is 1. The Bertz CT molecular complexity index is 1440. The first-order valence-electron chi connectivity index (χ1n) is 10.3. The molecule has 3 aromatic heterocycles. The highest BCUT2D eigenvalue weighted by Gasteiger charge is 2.20. The zero-order valence-electron chi connectivity index (χ0n) is 17.7. The highest BCUT2D eigenvalue weighted by Crippen LogP contribution is 2.25. The normalized spacial score (nSPS) is 12.3. The Morgan fingerprint density at radius 3 is 2.75 bits per heavy atom. The molecule has 160 valence electrons. The molecule has 0 aliphatic rings. The van der Waals surface area contributed by atoms with Crippen LogP contribution in [0.3, 0.4) is 0 Å². The zero-order valence-corrected chi connectivity index (χ0v) is 17.7. The Kier molecular flexibility index (Phi) is 4.78. The van der Waals surface area contributed by atoms with Crippen LogP contribution in [-0.4, -0.2) is 35.5 Å². The van der Waals surface area contributed by atoms with Gasteiger partial charge in [-0.1, -0.05) is 36.4 Å². The number of carbonyl (C=O) groups is 1. The van der Waals surface area contributed by atoms with Crippen LogP contribution in [0.4, 0.5) is 5.95 Å². The van der Waals surface area contributed by atoms with Crippen molar-refractivity contribution in [3.8, 4) is 0 Å². The standard InChI is InChI=1S/C23H22N8O/c1-13-17(14(2)31-23(27-13)29-22(24)30-31)11-20(32)28-21(15-6-4-3-5-7-15)16-8-9-18-19(10-16)26-12-25-18/h3-10,12,21H,11H2,1-2H3,(H2,24,30)(H,25,26)(H,28,32). The number of nitrogens with two attached hydrogens (primary N) is 1. The maximum Gasteiger partial charge on any atom is 0.254 e. The van der Waals surface area contributed by atoms with Crippen LogP contribution in [0.2, 0.25) is 0 Å². The van der Waals surface area contributed by atoms with Gasteiger partial charge in [-0.3, -0.25) is 4.79 Å². The Hall–Kier alpha value is -4.27. The van der Waals surface area contributed by atoms with Crippen LogP contribution in [0.1, 0.15) is 34.1 Å². The van der Waals surface area contributed by atoms with Gasteiger partial charge >= 0.3 is 0 Å². The fourth-order valence-electron chi connectivity index (χ4n) is 3.99. The fourth-order valence-corrected chi connectivity index (χ4v) is 3.99. The third kappa shape index (κ3) is 3.53. The van der Waals surface area contributed by atoms with Crippen molar-refractivity contribution in [1.82, 2.24) is 34.9 Å². The summed E-state index contributed by atoms with van der Waals surface area (Å²) in [6.07, 6.45) is 1.83. The number of rotatable bonds is 5. The van der Waals surface area contributed by atoms with Crippen molar-refractivity contribution < 1.29 is 4.79 Å². The SMILES string of the molecule is Cc1nc2nc(N)nn2c(C)c1CC(=O)NC(c1ccccc1)c1ccc2nc[nH]c2c1. The van der Waals surface area contributed by atoms with Crippen molar-refractivity contribution in [1.29, 1.82) is 0 Å². The number of nitrogen functional groups attached to an aromatic ring is 1. The van der Waals surface area contributed by atoms with Crippen molar-refractivity contribution >= 4 is 28.7 Å². The Labute approximate surface area is 183 Å². The molecule has 0 bridgehead atoms. The predicted molar refractivity (Wildman–Crippen MR) is 121 cm³/mol. The van der Waals surface area contributed by atoms with Gasteiger partial charge in [0.25, 0.3) is 5.78 Å². The minimum atomic E-state index is -0.310. The average Bonchev–Trinajstić information content (AvgIpc) is 3.41. The van der Waals surface area contributed by atoms with Gasteiger partial charge in [0, 0.05) is 17.0 Å². The van der Waals surface area contributed by atoms with Crippen molar-refractivity contribution in [2.24, 2.45) is 0 Å². The summed E-state index contributed by atoms with van der Waals surface area (Å²) in [6.45, 7) is 3.75. The van der Waals surface area contributed by atoms with Crippen molar-refractivity contribution in [2.75, 3.05) is 5.73 Å². The third-order valence-corrected chi connectivity index (χ3v) is 5.62. The van der Waals surface area contributed by atoms with E-state index < -0.39 is 0 Å². The number of imidazole rings is 1. The molecule has 9 heteroatoms. The molecular formula is C23H22N8O. The first-order valence-corrected chi connectivity index (χ1v) is 10.3. The number of aromatic nitrogens is 6. The van der Waals surface area contributed by atoms with Crippen LogP contribution in [0, 0.1) is 13.8 Å². The lowest BCUT2D eigenvalue weighted by atomic mass is 9.97. The summed E-state index contributed by atoms with van der Waals surface area (Å²) < 4.78 is 1.58. The molecule has 1 amide bonds. The van der Waals surface area contributed by atoms with Gasteiger partial charge in [-0.05, 0) is 37.1 Å². The minimum Gasteiger partial charge on any atom is -0.366 e. The second-order valence-electron chi connectivity index (χ2n) is 7.71. The molecule has 32 heavy (non-hydrogen) atoms. The number of hydrogen-bond acceptors (Lipinski definition) is 6. The van der Waals surface area contributed by atoms with Gasteiger partial charge in [0.05, 0.1) is 29.8 Å². The summed E-state index contributed by atoms with van der Waals surface area (Å²) in [6, 6.07) is 15.5. The van der Waals surface area contributed by atoms with Crippen molar-refractivity contribution in [2.45, 2.75) is 26.3 Å². The summed E-state index contributed by atoms with van der Waals surface area (Å²) >= 11 is 0. The number of fused-ring (bicyclic) bond motifs is 2. The lowest BCUT2D eigenvalue weighted by Gasteiger charge is -2.20. The van der Waals surface area contributed by atoms with E-state index in [1.165, 1.54) is 0 Å². The van der Waals surface area contributed by atoms with E-state index >= 15 is 0 Å². The number of aryl methyl sites for hydroxylation is 2. The maximum absolute atomic E-state index is 13.2. The number of hydrogen-bond donors (Lipinski definition) is 3. The molecule has 5 rings (SSSR count). The Morgan fingerprint density at radius 2 is 1.94 bits per heavy atom. The number of nitrogens with one attached hydrogen (secondary N) is 2. The largest absolute Gasteiger partial charge is 0.366 e. The molecule has 4 N–H and O–H groups in total. The van der Waals surface area contributed by atoms with Crippen LogP contribution in [0.25, 0.3) is 16.8 Å². The molecule has 0 aliphatic carbocycles. The van der Waals surface area contributed by atoms with Crippen LogP contribution in [0.15, 0.2) is 54.9 Å². The van der Waals surface area contributed by atoms with Gasteiger partial charge in [0.15, 0.2) is 0 Å². The number of anilines is 1. The van der Waals surface area contributed by atoms with Crippen LogP contribution >= 0.6 is 0 Å². The van der Waals surface area contributed by atoms with E-state index in [1.807, 2.05) is 62.4 Å².